The van der Waals surface area contributed by atoms with Crippen molar-refractivity contribution in [1.29, 1.82) is 0 Å². The van der Waals surface area contributed by atoms with Crippen molar-refractivity contribution < 1.29 is 22.7 Å². The van der Waals surface area contributed by atoms with Crippen molar-refractivity contribution in [3.8, 4) is 0 Å². The first-order chi connectivity index (χ1) is 16.2. The largest absolute Gasteiger partial charge is 0.455 e. The van der Waals surface area contributed by atoms with E-state index in [1.807, 2.05) is 37.8 Å². The summed E-state index contributed by atoms with van der Waals surface area (Å²) in [6, 6.07) is 4.02. The van der Waals surface area contributed by atoms with Crippen LogP contribution in [-0.2, 0) is 24.3 Å². The Kier molecular flexibility index (Phi) is 7.48. The van der Waals surface area contributed by atoms with Gasteiger partial charge in [0.25, 0.3) is 5.91 Å². The van der Waals surface area contributed by atoms with Crippen molar-refractivity contribution in [2.45, 2.75) is 83.1 Å². The van der Waals surface area contributed by atoms with Gasteiger partial charge in [-0.2, -0.15) is 4.31 Å². The molecule has 1 aromatic carbocycles. The van der Waals surface area contributed by atoms with Gasteiger partial charge in [-0.15, -0.1) is 0 Å². The van der Waals surface area contributed by atoms with E-state index >= 15 is 0 Å². The fourth-order valence-corrected chi connectivity index (χ4v) is 7.21. The third kappa shape index (κ3) is 5.38. The molecule has 1 saturated carbocycles. The van der Waals surface area contributed by atoms with Crippen LogP contribution < -0.4 is 0 Å². The summed E-state index contributed by atoms with van der Waals surface area (Å²) in [4.78, 5) is 27.8. The summed E-state index contributed by atoms with van der Waals surface area (Å²) < 4.78 is 33.5. The van der Waals surface area contributed by atoms with Crippen molar-refractivity contribution in [2.24, 2.45) is 5.92 Å². The lowest BCUT2D eigenvalue weighted by Gasteiger charge is -2.31. The van der Waals surface area contributed by atoms with E-state index in [1.165, 1.54) is 4.31 Å². The Balaban J connectivity index is 1.32. The Labute approximate surface area is 203 Å². The van der Waals surface area contributed by atoms with Crippen LogP contribution in [0.4, 0.5) is 0 Å². The van der Waals surface area contributed by atoms with E-state index in [0.29, 0.717) is 17.7 Å². The minimum Gasteiger partial charge on any atom is -0.455 e. The van der Waals surface area contributed by atoms with E-state index in [-0.39, 0.29) is 37.6 Å². The zero-order chi connectivity index (χ0) is 24.5. The lowest BCUT2D eigenvalue weighted by molar-refractivity contribution is -0.156. The summed E-state index contributed by atoms with van der Waals surface area (Å²) in [5.74, 6) is -0.932. The number of aryl methyl sites for hydroxylation is 3. The van der Waals surface area contributed by atoms with Gasteiger partial charge in [0.05, 0.1) is 10.8 Å². The summed E-state index contributed by atoms with van der Waals surface area (Å²) >= 11 is 0. The van der Waals surface area contributed by atoms with Crippen LogP contribution >= 0.6 is 0 Å². The van der Waals surface area contributed by atoms with Crippen LogP contribution in [0, 0.1) is 26.7 Å². The highest BCUT2D eigenvalue weighted by molar-refractivity contribution is 7.89. The highest BCUT2D eigenvalue weighted by Gasteiger charge is 2.37. The SMILES string of the molecule is Cc1cc(C)c(S(=O)(=O)N2CCC(C(=O)OCC(=O)N(C3=CCCCC3)C3CC3)CC2)c(C)c1. The molecule has 1 aromatic rings. The van der Waals surface area contributed by atoms with Gasteiger partial charge in [-0.1, -0.05) is 23.8 Å². The van der Waals surface area contributed by atoms with Crippen LogP contribution in [0.3, 0.4) is 0 Å². The normalized spacial score (nSPS) is 20.0. The lowest BCUT2D eigenvalue weighted by atomic mass is 9.98. The minimum atomic E-state index is -3.63. The molecule has 0 atom stereocenters. The molecule has 3 aliphatic rings. The molecule has 0 bridgehead atoms. The van der Waals surface area contributed by atoms with E-state index in [9.17, 15) is 18.0 Å². The third-order valence-corrected chi connectivity index (χ3v) is 9.29. The first-order valence-corrected chi connectivity index (χ1v) is 13.9. The minimum absolute atomic E-state index is 0.144. The molecule has 34 heavy (non-hydrogen) atoms. The summed E-state index contributed by atoms with van der Waals surface area (Å²) in [5, 5.41) is 0. The maximum Gasteiger partial charge on any atom is 0.309 e. The molecule has 7 nitrogen and oxygen atoms in total. The number of hydrogen-bond donors (Lipinski definition) is 0. The number of piperidine rings is 1. The number of nitrogens with zero attached hydrogens (tertiary/aromatic N) is 2. The Morgan fingerprint density at radius 2 is 1.68 bits per heavy atom. The maximum absolute atomic E-state index is 13.3. The van der Waals surface area contributed by atoms with Crippen molar-refractivity contribution >= 4 is 21.9 Å². The van der Waals surface area contributed by atoms with Crippen molar-refractivity contribution in [1.82, 2.24) is 9.21 Å². The molecule has 0 N–H and O–H groups in total. The number of rotatable bonds is 7. The summed E-state index contributed by atoms with van der Waals surface area (Å²) in [6.07, 6.45) is 9.09. The fourth-order valence-electron chi connectivity index (χ4n) is 5.33. The number of carbonyl (C=O) groups excluding carboxylic acids is 2. The quantitative estimate of drug-likeness (QED) is 0.542. The highest BCUT2D eigenvalue weighted by atomic mass is 32.2. The second-order valence-corrected chi connectivity index (χ2v) is 11.8. The number of carbonyl (C=O) groups is 2. The van der Waals surface area contributed by atoms with E-state index in [2.05, 4.69) is 6.08 Å². The third-order valence-electron chi connectivity index (χ3n) is 7.08. The van der Waals surface area contributed by atoms with E-state index in [1.54, 1.807) is 0 Å². The molecule has 8 heteroatoms. The number of allylic oxidation sites excluding steroid dienone is 2. The Morgan fingerprint density at radius 3 is 2.24 bits per heavy atom. The van der Waals surface area contributed by atoms with E-state index in [4.69, 9.17) is 4.74 Å². The standard InChI is InChI=1S/C26H36N2O5S/c1-18-15-19(2)25(20(3)16-18)34(31,32)27-13-11-21(12-14-27)26(30)33-17-24(29)28(23-9-10-23)22-7-5-4-6-8-22/h7,15-16,21,23H,4-6,8-14,17H2,1-3H3. The van der Waals surface area contributed by atoms with Gasteiger partial charge >= 0.3 is 5.97 Å². The molecule has 186 valence electrons. The predicted molar refractivity (Wildman–Crippen MR) is 130 cm³/mol. The molecule has 0 spiro atoms. The van der Waals surface area contributed by atoms with Gasteiger partial charge in [-0.05, 0) is 83.3 Å². The lowest BCUT2D eigenvalue weighted by Crippen LogP contribution is -2.42. The number of hydrogen-bond acceptors (Lipinski definition) is 5. The van der Waals surface area contributed by atoms with E-state index < -0.39 is 16.0 Å². The number of ether oxygens (including phenoxy) is 1. The molecule has 1 aliphatic heterocycles. The monoisotopic (exact) mass is 488 g/mol. The van der Waals surface area contributed by atoms with Gasteiger partial charge in [0.1, 0.15) is 0 Å². The smallest absolute Gasteiger partial charge is 0.309 e. The molecule has 0 radical (unpaired) electrons. The second-order valence-electron chi connectivity index (χ2n) is 9.95. The fraction of sp³-hybridized carbons (Fsp3) is 0.615. The number of benzene rings is 1. The second kappa shape index (κ2) is 10.2. The molecule has 2 aliphatic carbocycles. The van der Waals surface area contributed by atoms with Crippen LogP contribution in [-0.4, -0.2) is 55.2 Å². The molecule has 0 aromatic heterocycles. The van der Waals surface area contributed by atoms with Crippen LogP contribution in [0.1, 0.15) is 68.1 Å². The van der Waals surface area contributed by atoms with E-state index in [0.717, 1.165) is 60.9 Å². The first-order valence-electron chi connectivity index (χ1n) is 12.4. The van der Waals surface area contributed by atoms with Gasteiger partial charge in [0.2, 0.25) is 10.0 Å². The Bertz CT molecular complexity index is 1060. The predicted octanol–water partition coefficient (Wildman–Crippen LogP) is 4.00. The highest BCUT2D eigenvalue weighted by Crippen LogP contribution is 2.34. The average Bonchev–Trinajstić information content (AvgIpc) is 3.62. The molecular formula is C26H36N2O5S. The van der Waals surface area contributed by atoms with Crippen LogP contribution in [0.15, 0.2) is 28.8 Å². The molecule has 2 fully saturated rings. The number of sulfonamides is 1. The Hall–Kier alpha value is -2.19. The van der Waals surface area contributed by atoms with Gasteiger partial charge in [-0.3, -0.25) is 9.59 Å². The molecule has 1 heterocycles. The summed E-state index contributed by atoms with van der Waals surface area (Å²) in [5.41, 5.74) is 3.59. The first kappa shape index (κ1) is 24.9. The van der Waals surface area contributed by atoms with Crippen LogP contribution in [0.2, 0.25) is 0 Å². The van der Waals surface area contributed by atoms with Crippen molar-refractivity contribution in [3.05, 3.63) is 40.6 Å². The molecule has 4 rings (SSSR count). The van der Waals surface area contributed by atoms with Gasteiger partial charge in [-0.25, -0.2) is 8.42 Å². The van der Waals surface area contributed by atoms with Gasteiger partial charge in [0.15, 0.2) is 6.61 Å². The van der Waals surface area contributed by atoms with Crippen molar-refractivity contribution in [3.63, 3.8) is 0 Å². The Morgan fingerprint density at radius 1 is 1.03 bits per heavy atom. The van der Waals surface area contributed by atoms with Crippen LogP contribution in [0.5, 0.6) is 0 Å². The van der Waals surface area contributed by atoms with Crippen molar-refractivity contribution in [2.75, 3.05) is 19.7 Å². The maximum atomic E-state index is 13.3. The topological polar surface area (TPSA) is 84.0 Å². The van der Waals surface area contributed by atoms with Crippen LogP contribution in [0.25, 0.3) is 0 Å². The molecule has 1 saturated heterocycles. The van der Waals surface area contributed by atoms with Gasteiger partial charge < -0.3 is 9.64 Å². The van der Waals surface area contributed by atoms with Gasteiger partial charge in [0, 0.05) is 24.8 Å². The summed E-state index contributed by atoms with van der Waals surface area (Å²) in [6.45, 7) is 5.89. The average molecular weight is 489 g/mol. The zero-order valence-electron chi connectivity index (χ0n) is 20.5. The molecular weight excluding hydrogens is 452 g/mol. The zero-order valence-corrected chi connectivity index (χ0v) is 21.3. The number of amides is 1. The molecule has 1 amide bonds. The summed E-state index contributed by atoms with van der Waals surface area (Å²) in [7, 11) is -3.63. The molecule has 0 unspecified atom stereocenters. The number of esters is 1.